The van der Waals surface area contributed by atoms with E-state index in [2.05, 4.69) is 16.9 Å². The Hall–Kier alpha value is -2.11. The van der Waals surface area contributed by atoms with Gasteiger partial charge in [0.1, 0.15) is 6.04 Å². The molecular weight excluding hydrogens is 234 g/mol. The van der Waals surface area contributed by atoms with Crippen molar-refractivity contribution in [1.82, 2.24) is 9.55 Å². The first-order chi connectivity index (χ1) is 8.63. The summed E-state index contributed by atoms with van der Waals surface area (Å²) in [5.41, 5.74) is -0.268. The highest BCUT2D eigenvalue weighted by molar-refractivity contribution is 5.76. The summed E-state index contributed by atoms with van der Waals surface area (Å²) in [5, 5.41) is 11.7. The quantitative estimate of drug-likeness (QED) is 0.735. The van der Waals surface area contributed by atoms with E-state index in [0.717, 1.165) is 12.8 Å². The van der Waals surface area contributed by atoms with E-state index in [-0.39, 0.29) is 23.8 Å². The van der Waals surface area contributed by atoms with Crippen molar-refractivity contribution < 1.29 is 9.90 Å². The number of carboxylic acid groups (broad SMARTS) is 1. The lowest BCUT2D eigenvalue weighted by Crippen LogP contribution is -2.33. The molecule has 0 bridgehead atoms. The van der Waals surface area contributed by atoms with Crippen molar-refractivity contribution in [1.29, 1.82) is 0 Å². The third kappa shape index (κ3) is 2.58. The van der Waals surface area contributed by atoms with Gasteiger partial charge in [-0.15, -0.1) is 6.58 Å². The Morgan fingerprint density at radius 1 is 1.72 bits per heavy atom. The second-order valence-electron chi connectivity index (χ2n) is 4.28. The molecular formula is C12H15N3O3. The Morgan fingerprint density at radius 3 is 3.00 bits per heavy atom. The topological polar surface area (TPSA) is 84.2 Å². The maximum Gasteiger partial charge on any atom is 0.326 e. The molecule has 0 amide bonds. The van der Waals surface area contributed by atoms with Crippen molar-refractivity contribution in [2.45, 2.75) is 31.3 Å². The molecule has 1 atom stereocenters. The summed E-state index contributed by atoms with van der Waals surface area (Å²) in [5.74, 6) is -0.948. The van der Waals surface area contributed by atoms with Gasteiger partial charge in [0.15, 0.2) is 5.82 Å². The van der Waals surface area contributed by atoms with Gasteiger partial charge in [-0.1, -0.05) is 6.08 Å². The number of nitrogens with zero attached hydrogens (tertiary/aromatic N) is 2. The van der Waals surface area contributed by atoms with Gasteiger partial charge >= 0.3 is 5.97 Å². The van der Waals surface area contributed by atoms with Crippen LogP contribution in [-0.2, 0) is 4.79 Å². The second-order valence-corrected chi connectivity index (χ2v) is 4.28. The van der Waals surface area contributed by atoms with Crippen molar-refractivity contribution in [3.05, 3.63) is 35.4 Å². The SMILES string of the molecule is C=CCC(Nc1nccn(C2CC2)c1=O)C(=O)O. The Labute approximate surface area is 104 Å². The molecule has 0 aliphatic heterocycles. The van der Waals surface area contributed by atoms with Gasteiger partial charge in [-0.3, -0.25) is 4.79 Å². The smallest absolute Gasteiger partial charge is 0.326 e. The highest BCUT2D eigenvalue weighted by Gasteiger charge is 2.26. The number of hydrogen-bond acceptors (Lipinski definition) is 4. The van der Waals surface area contributed by atoms with Crippen LogP contribution < -0.4 is 10.9 Å². The molecule has 1 fully saturated rings. The van der Waals surface area contributed by atoms with Gasteiger partial charge in [0, 0.05) is 18.4 Å². The lowest BCUT2D eigenvalue weighted by molar-refractivity contribution is -0.137. The molecule has 2 N–H and O–H groups in total. The zero-order chi connectivity index (χ0) is 13.1. The molecule has 6 nitrogen and oxygen atoms in total. The molecule has 18 heavy (non-hydrogen) atoms. The van der Waals surface area contributed by atoms with E-state index in [4.69, 9.17) is 5.11 Å². The summed E-state index contributed by atoms with van der Waals surface area (Å²) in [4.78, 5) is 26.9. The average Bonchev–Trinajstić information content (AvgIpc) is 3.15. The summed E-state index contributed by atoms with van der Waals surface area (Å²) in [6, 6.07) is -0.638. The van der Waals surface area contributed by atoms with Crippen LogP contribution in [0.3, 0.4) is 0 Å². The van der Waals surface area contributed by atoms with Crippen molar-refractivity contribution in [2.24, 2.45) is 0 Å². The van der Waals surface area contributed by atoms with Crippen LogP contribution >= 0.6 is 0 Å². The Bertz CT molecular complexity index is 520. The van der Waals surface area contributed by atoms with E-state index >= 15 is 0 Å². The first-order valence-electron chi connectivity index (χ1n) is 5.81. The van der Waals surface area contributed by atoms with Crippen LogP contribution in [0.4, 0.5) is 5.82 Å². The lowest BCUT2D eigenvalue weighted by atomic mass is 10.2. The number of rotatable bonds is 6. The number of carbonyl (C=O) groups is 1. The molecule has 1 aliphatic rings. The fourth-order valence-electron chi connectivity index (χ4n) is 1.72. The highest BCUT2D eigenvalue weighted by Crippen LogP contribution is 2.33. The van der Waals surface area contributed by atoms with Crippen LogP contribution in [0.1, 0.15) is 25.3 Å². The van der Waals surface area contributed by atoms with E-state index in [1.54, 1.807) is 10.8 Å². The normalized spacial score (nSPS) is 16.0. The maximum atomic E-state index is 12.0. The van der Waals surface area contributed by atoms with Gasteiger partial charge in [-0.25, -0.2) is 9.78 Å². The van der Waals surface area contributed by atoms with E-state index in [0.29, 0.717) is 0 Å². The van der Waals surface area contributed by atoms with Crippen LogP contribution in [0, 0.1) is 0 Å². The fourth-order valence-corrected chi connectivity index (χ4v) is 1.72. The molecule has 1 aromatic heterocycles. The van der Waals surface area contributed by atoms with Crippen molar-refractivity contribution in [3.8, 4) is 0 Å². The first-order valence-corrected chi connectivity index (χ1v) is 5.81. The molecule has 1 saturated carbocycles. The molecule has 1 heterocycles. The molecule has 1 aliphatic carbocycles. The number of hydrogen-bond donors (Lipinski definition) is 2. The fraction of sp³-hybridized carbons (Fsp3) is 0.417. The minimum atomic E-state index is -1.03. The first kappa shape index (κ1) is 12.3. The third-order valence-corrected chi connectivity index (χ3v) is 2.82. The molecule has 2 rings (SSSR count). The van der Waals surface area contributed by atoms with Gasteiger partial charge in [0.05, 0.1) is 0 Å². The van der Waals surface area contributed by atoms with E-state index in [1.165, 1.54) is 12.3 Å². The molecule has 96 valence electrons. The highest BCUT2D eigenvalue weighted by atomic mass is 16.4. The molecule has 0 radical (unpaired) electrons. The van der Waals surface area contributed by atoms with Crippen LogP contribution in [-0.4, -0.2) is 26.7 Å². The summed E-state index contributed by atoms with van der Waals surface area (Å²) >= 11 is 0. The van der Waals surface area contributed by atoms with Crippen LogP contribution in [0.2, 0.25) is 0 Å². The average molecular weight is 249 g/mol. The predicted molar refractivity (Wildman–Crippen MR) is 66.6 cm³/mol. The number of aromatic nitrogens is 2. The molecule has 1 aromatic rings. The summed E-state index contributed by atoms with van der Waals surface area (Å²) in [6.45, 7) is 3.50. The minimum Gasteiger partial charge on any atom is -0.480 e. The monoisotopic (exact) mass is 249 g/mol. The summed E-state index contributed by atoms with van der Waals surface area (Å²) in [7, 11) is 0. The van der Waals surface area contributed by atoms with Crippen molar-refractivity contribution >= 4 is 11.8 Å². The van der Waals surface area contributed by atoms with Crippen molar-refractivity contribution in [3.63, 3.8) is 0 Å². The largest absolute Gasteiger partial charge is 0.480 e. The third-order valence-electron chi connectivity index (χ3n) is 2.82. The Balaban J connectivity index is 2.22. The molecule has 6 heteroatoms. The van der Waals surface area contributed by atoms with E-state index < -0.39 is 12.0 Å². The summed E-state index contributed by atoms with van der Waals surface area (Å²) in [6.07, 6.45) is 6.84. The van der Waals surface area contributed by atoms with Gasteiger partial charge in [-0.2, -0.15) is 0 Å². The van der Waals surface area contributed by atoms with E-state index in [1.807, 2.05) is 0 Å². The minimum absolute atomic E-state index is 0.0821. The molecule has 1 unspecified atom stereocenters. The van der Waals surface area contributed by atoms with Gasteiger partial charge < -0.3 is 15.0 Å². The predicted octanol–water partition coefficient (Wildman–Crippen LogP) is 1.02. The van der Waals surface area contributed by atoms with Gasteiger partial charge in [0.25, 0.3) is 5.56 Å². The standard InChI is InChI=1S/C12H15N3O3/c1-2-3-9(12(17)18)14-10-11(16)15(7-6-13-10)8-4-5-8/h2,6-9H,1,3-5H2,(H,13,14)(H,17,18). The Morgan fingerprint density at radius 2 is 2.44 bits per heavy atom. The Kier molecular flexibility index (Phi) is 3.45. The second kappa shape index (κ2) is 5.03. The number of anilines is 1. The number of nitrogens with one attached hydrogen (secondary N) is 1. The van der Waals surface area contributed by atoms with Gasteiger partial charge in [-0.05, 0) is 19.3 Å². The van der Waals surface area contributed by atoms with Crippen molar-refractivity contribution in [2.75, 3.05) is 5.32 Å². The van der Waals surface area contributed by atoms with Crippen LogP contribution in [0.15, 0.2) is 29.8 Å². The zero-order valence-electron chi connectivity index (χ0n) is 9.87. The van der Waals surface area contributed by atoms with Crippen LogP contribution in [0.25, 0.3) is 0 Å². The number of aliphatic carboxylic acids is 1. The van der Waals surface area contributed by atoms with Gasteiger partial charge in [0.2, 0.25) is 0 Å². The molecule has 0 saturated heterocycles. The molecule has 0 spiro atoms. The van der Waals surface area contributed by atoms with E-state index in [9.17, 15) is 9.59 Å². The zero-order valence-corrected chi connectivity index (χ0v) is 9.87. The van der Waals surface area contributed by atoms with Crippen LogP contribution in [0.5, 0.6) is 0 Å². The summed E-state index contributed by atoms with van der Waals surface area (Å²) < 4.78 is 1.60. The molecule has 0 aromatic carbocycles. The maximum absolute atomic E-state index is 12.0. The number of carboxylic acids is 1. The lowest BCUT2D eigenvalue weighted by Gasteiger charge is -2.13.